The van der Waals surface area contributed by atoms with E-state index in [0.717, 1.165) is 0 Å². The topological polar surface area (TPSA) is 69.4 Å². The molecule has 1 aromatic carbocycles. The molecule has 0 aromatic heterocycles. The van der Waals surface area contributed by atoms with Gasteiger partial charge in [0.05, 0.1) is 10.5 Å². The summed E-state index contributed by atoms with van der Waals surface area (Å²) < 4.78 is 4.70. The van der Waals surface area contributed by atoms with Crippen LogP contribution in [0.5, 0.6) is 0 Å². The highest BCUT2D eigenvalue weighted by atomic mass is 16.6. The summed E-state index contributed by atoms with van der Waals surface area (Å²) in [6.07, 6.45) is 1.28. The van der Waals surface area contributed by atoms with Crippen molar-refractivity contribution >= 4 is 17.2 Å². The number of nitro benzene ring substituents is 1. The maximum Gasteiger partial charge on any atom is 0.331 e. The van der Waals surface area contributed by atoms with Gasteiger partial charge in [-0.3, -0.25) is 10.1 Å². The number of hydrogen-bond acceptors (Lipinski definition) is 4. The monoisotopic (exact) mass is 205 g/mol. The minimum absolute atomic E-state index is 0.0120. The fourth-order valence-corrected chi connectivity index (χ4v) is 1.43. The highest BCUT2D eigenvalue weighted by Crippen LogP contribution is 2.28. The second-order valence-corrected chi connectivity index (χ2v) is 3.05. The van der Waals surface area contributed by atoms with Crippen LogP contribution in [0.1, 0.15) is 5.56 Å². The van der Waals surface area contributed by atoms with Gasteiger partial charge in [0.25, 0.3) is 5.69 Å². The van der Waals surface area contributed by atoms with Crippen molar-refractivity contribution in [3.63, 3.8) is 0 Å². The molecule has 0 saturated carbocycles. The Labute approximate surface area is 85.1 Å². The van der Waals surface area contributed by atoms with Gasteiger partial charge >= 0.3 is 5.97 Å². The molecule has 0 unspecified atom stereocenters. The Morgan fingerprint density at radius 1 is 1.33 bits per heavy atom. The van der Waals surface area contributed by atoms with Crippen LogP contribution in [0.15, 0.2) is 30.3 Å². The number of benzene rings is 1. The summed E-state index contributed by atoms with van der Waals surface area (Å²) >= 11 is 0. The van der Waals surface area contributed by atoms with Crippen LogP contribution in [0.4, 0.5) is 5.69 Å². The first kappa shape index (κ1) is 9.39. The van der Waals surface area contributed by atoms with Gasteiger partial charge in [0.2, 0.25) is 0 Å². The van der Waals surface area contributed by atoms with Crippen molar-refractivity contribution in [3.8, 4) is 0 Å². The van der Waals surface area contributed by atoms with E-state index in [1.165, 1.54) is 12.1 Å². The number of carbonyl (C=O) groups excluding carboxylic acids is 1. The van der Waals surface area contributed by atoms with Gasteiger partial charge in [0.1, 0.15) is 6.61 Å². The molecule has 1 aromatic rings. The summed E-state index contributed by atoms with van der Waals surface area (Å²) in [7, 11) is 0. The zero-order valence-electron chi connectivity index (χ0n) is 7.67. The van der Waals surface area contributed by atoms with Crippen molar-refractivity contribution in [1.82, 2.24) is 0 Å². The van der Waals surface area contributed by atoms with Gasteiger partial charge in [-0.15, -0.1) is 0 Å². The SMILES string of the molecule is O=C1C=C(c2ccccc2[N+](=O)[O-])CO1. The van der Waals surface area contributed by atoms with Crippen LogP contribution < -0.4 is 0 Å². The second-order valence-electron chi connectivity index (χ2n) is 3.05. The van der Waals surface area contributed by atoms with E-state index in [9.17, 15) is 14.9 Å². The van der Waals surface area contributed by atoms with Crippen LogP contribution in [-0.2, 0) is 9.53 Å². The molecule has 0 spiro atoms. The summed E-state index contributed by atoms with van der Waals surface area (Å²) in [6, 6.07) is 6.27. The molecule has 0 atom stereocenters. The van der Waals surface area contributed by atoms with Crippen LogP contribution in [0.25, 0.3) is 5.57 Å². The molecular weight excluding hydrogens is 198 g/mol. The zero-order chi connectivity index (χ0) is 10.8. The highest BCUT2D eigenvalue weighted by molar-refractivity contribution is 5.97. The van der Waals surface area contributed by atoms with E-state index in [-0.39, 0.29) is 12.3 Å². The molecule has 1 heterocycles. The summed E-state index contributed by atoms with van der Waals surface area (Å²) in [5, 5.41) is 10.7. The molecule has 15 heavy (non-hydrogen) atoms. The Bertz CT molecular complexity index is 464. The number of hydrogen-bond donors (Lipinski definition) is 0. The fourth-order valence-electron chi connectivity index (χ4n) is 1.43. The normalized spacial score (nSPS) is 14.7. The molecule has 0 fully saturated rings. The van der Waals surface area contributed by atoms with E-state index >= 15 is 0 Å². The Hall–Kier alpha value is -2.17. The molecule has 5 heteroatoms. The number of rotatable bonds is 2. The number of para-hydroxylation sites is 1. The predicted octanol–water partition coefficient (Wildman–Crippen LogP) is 1.54. The third kappa shape index (κ3) is 1.71. The standard InChI is InChI=1S/C10H7NO4/c12-10-5-7(6-15-10)8-3-1-2-4-9(8)11(13)14/h1-5H,6H2. The summed E-state index contributed by atoms with van der Waals surface area (Å²) in [5.74, 6) is -0.455. The molecule has 1 aliphatic rings. The third-order valence-electron chi connectivity index (χ3n) is 2.11. The van der Waals surface area contributed by atoms with Crippen molar-refractivity contribution in [1.29, 1.82) is 0 Å². The average Bonchev–Trinajstić information content (AvgIpc) is 2.65. The van der Waals surface area contributed by atoms with Crippen molar-refractivity contribution in [2.45, 2.75) is 0 Å². The molecular formula is C10H7NO4. The fraction of sp³-hybridized carbons (Fsp3) is 0.100. The number of ether oxygens (including phenoxy) is 1. The lowest BCUT2D eigenvalue weighted by Gasteiger charge is -2.01. The van der Waals surface area contributed by atoms with Crippen LogP contribution in [0, 0.1) is 10.1 Å². The van der Waals surface area contributed by atoms with E-state index in [1.807, 2.05) is 0 Å². The van der Waals surface area contributed by atoms with Gasteiger partial charge in [-0.2, -0.15) is 0 Å². The molecule has 76 valence electrons. The van der Waals surface area contributed by atoms with Gasteiger partial charge in [0.15, 0.2) is 0 Å². The van der Waals surface area contributed by atoms with E-state index in [1.54, 1.807) is 18.2 Å². The Morgan fingerprint density at radius 3 is 2.67 bits per heavy atom. The van der Waals surface area contributed by atoms with Gasteiger partial charge in [-0.05, 0) is 6.07 Å². The highest BCUT2D eigenvalue weighted by Gasteiger charge is 2.21. The molecule has 0 aliphatic carbocycles. The molecule has 0 amide bonds. The number of nitro groups is 1. The minimum Gasteiger partial charge on any atom is -0.458 e. The van der Waals surface area contributed by atoms with Crippen LogP contribution in [0.2, 0.25) is 0 Å². The van der Waals surface area contributed by atoms with E-state index in [2.05, 4.69) is 0 Å². The Kier molecular flexibility index (Phi) is 2.21. The molecule has 0 bridgehead atoms. The van der Waals surface area contributed by atoms with Gasteiger partial charge in [0, 0.05) is 17.7 Å². The maximum absolute atomic E-state index is 10.8. The van der Waals surface area contributed by atoms with Crippen LogP contribution in [-0.4, -0.2) is 17.5 Å². The maximum atomic E-state index is 10.8. The third-order valence-corrected chi connectivity index (χ3v) is 2.11. The largest absolute Gasteiger partial charge is 0.458 e. The average molecular weight is 205 g/mol. The first-order valence-corrected chi connectivity index (χ1v) is 4.29. The summed E-state index contributed by atoms with van der Waals surface area (Å²) in [5.41, 5.74) is 0.975. The molecule has 0 N–H and O–H groups in total. The number of carbonyl (C=O) groups is 1. The lowest BCUT2D eigenvalue weighted by molar-refractivity contribution is -0.385. The van der Waals surface area contributed by atoms with Crippen molar-refractivity contribution < 1.29 is 14.5 Å². The Morgan fingerprint density at radius 2 is 2.07 bits per heavy atom. The first-order valence-electron chi connectivity index (χ1n) is 4.29. The molecule has 1 aliphatic heterocycles. The molecule has 2 rings (SSSR count). The molecule has 0 saturated heterocycles. The van der Waals surface area contributed by atoms with Gasteiger partial charge < -0.3 is 4.74 Å². The summed E-state index contributed by atoms with van der Waals surface area (Å²) in [6.45, 7) is 0.101. The van der Waals surface area contributed by atoms with Gasteiger partial charge in [-0.1, -0.05) is 12.1 Å². The molecule has 0 radical (unpaired) electrons. The lowest BCUT2D eigenvalue weighted by Crippen LogP contribution is -1.96. The number of esters is 1. The van der Waals surface area contributed by atoms with Crippen molar-refractivity contribution in [2.24, 2.45) is 0 Å². The zero-order valence-corrected chi connectivity index (χ0v) is 7.67. The van der Waals surface area contributed by atoms with E-state index in [4.69, 9.17) is 4.74 Å². The van der Waals surface area contributed by atoms with Crippen LogP contribution in [0.3, 0.4) is 0 Å². The van der Waals surface area contributed by atoms with E-state index in [0.29, 0.717) is 11.1 Å². The quantitative estimate of drug-likeness (QED) is 0.417. The minimum atomic E-state index is -0.473. The number of cyclic esters (lactones) is 1. The van der Waals surface area contributed by atoms with Crippen molar-refractivity contribution in [3.05, 3.63) is 46.0 Å². The summed E-state index contributed by atoms with van der Waals surface area (Å²) in [4.78, 5) is 21.1. The van der Waals surface area contributed by atoms with Crippen LogP contribution >= 0.6 is 0 Å². The van der Waals surface area contributed by atoms with E-state index < -0.39 is 10.9 Å². The number of nitrogens with zero attached hydrogens (tertiary/aromatic N) is 1. The van der Waals surface area contributed by atoms with Crippen molar-refractivity contribution in [2.75, 3.05) is 6.61 Å². The lowest BCUT2D eigenvalue weighted by atomic mass is 10.1. The Balaban J connectivity index is 2.48. The smallest absolute Gasteiger partial charge is 0.331 e. The predicted molar refractivity (Wildman–Crippen MR) is 52.0 cm³/mol. The molecule has 5 nitrogen and oxygen atoms in total. The first-order chi connectivity index (χ1) is 7.18. The van der Waals surface area contributed by atoms with Gasteiger partial charge in [-0.25, -0.2) is 4.79 Å². The second kappa shape index (κ2) is 3.53.